The van der Waals surface area contributed by atoms with Crippen molar-refractivity contribution in [1.82, 2.24) is 41.0 Å². The van der Waals surface area contributed by atoms with Crippen LogP contribution in [0.5, 0.6) is 0 Å². The molecule has 0 bridgehead atoms. The van der Waals surface area contributed by atoms with Crippen molar-refractivity contribution < 1.29 is 4.79 Å². The largest absolute Gasteiger partial charge is 0.342 e. The average Bonchev–Trinajstić information content (AvgIpc) is 3.52. The lowest BCUT2D eigenvalue weighted by atomic mass is 9.80. The molecule has 0 saturated carbocycles. The third-order valence-electron chi connectivity index (χ3n) is 6.06. The molecule has 3 heterocycles. The Morgan fingerprint density at radius 1 is 1.09 bits per heavy atom. The smallest absolute Gasteiger partial charge is 0.252 e. The van der Waals surface area contributed by atoms with E-state index < -0.39 is 5.54 Å². The number of benzene rings is 2. The number of nitrogens with zero attached hydrogens (tertiary/aromatic N) is 5. The molecule has 2 aromatic carbocycles. The fourth-order valence-electron chi connectivity index (χ4n) is 4.27. The first-order valence-electron chi connectivity index (χ1n) is 10.6. The molecule has 0 radical (unpaired) electrons. The molecule has 9 heteroatoms. The number of rotatable bonds is 5. The molecule has 3 N–H and O–H groups in total. The van der Waals surface area contributed by atoms with E-state index in [4.69, 9.17) is 0 Å². The summed E-state index contributed by atoms with van der Waals surface area (Å²) in [5, 5.41) is 25.2. The Hall–Kier alpha value is -3.85. The molecule has 0 spiro atoms. The number of tetrazole rings is 1. The molecule has 0 atom stereocenters. The molecule has 1 aliphatic rings. The summed E-state index contributed by atoms with van der Waals surface area (Å²) >= 11 is 0. The van der Waals surface area contributed by atoms with Crippen molar-refractivity contribution in [2.24, 2.45) is 0 Å². The highest BCUT2D eigenvalue weighted by Crippen LogP contribution is 2.32. The Morgan fingerprint density at radius 2 is 1.91 bits per heavy atom. The summed E-state index contributed by atoms with van der Waals surface area (Å²) in [6.07, 6.45) is 5.30. The second kappa shape index (κ2) is 8.35. The summed E-state index contributed by atoms with van der Waals surface area (Å²) in [6.45, 7) is 3.51. The lowest BCUT2D eigenvalue weighted by molar-refractivity contribution is 0.0872. The van der Waals surface area contributed by atoms with Gasteiger partial charge in [-0.3, -0.25) is 9.89 Å². The number of hydrogen-bond donors (Lipinski definition) is 3. The fourth-order valence-corrected chi connectivity index (χ4v) is 4.27. The zero-order chi connectivity index (χ0) is 22.0. The average molecular weight is 429 g/mol. The van der Waals surface area contributed by atoms with Gasteiger partial charge in [0.1, 0.15) is 0 Å². The van der Waals surface area contributed by atoms with Gasteiger partial charge in [-0.2, -0.15) is 9.78 Å². The molecule has 9 nitrogen and oxygen atoms in total. The second-order valence-corrected chi connectivity index (χ2v) is 8.04. The third-order valence-corrected chi connectivity index (χ3v) is 6.06. The van der Waals surface area contributed by atoms with Gasteiger partial charge in [0, 0.05) is 17.3 Å². The minimum absolute atomic E-state index is 0.113. The Kier molecular flexibility index (Phi) is 5.24. The van der Waals surface area contributed by atoms with Crippen LogP contribution in [0.3, 0.4) is 0 Å². The van der Waals surface area contributed by atoms with Crippen LogP contribution < -0.4 is 10.6 Å². The Balaban J connectivity index is 1.43. The standard InChI is InChI=1S/C23H24N8O/c1-16-28-29-30-31(16)21-4-2-3-18(13-21)22(32)27-23(9-11-24-12-10-23)20-7-5-17(6-8-20)19-14-25-26-15-19/h2-8,13-15,24H,9-12H2,1H3,(H,25,26)(H,27,32). The highest BCUT2D eigenvalue weighted by Gasteiger charge is 2.35. The normalized spacial score (nSPS) is 15.4. The van der Waals surface area contributed by atoms with E-state index in [-0.39, 0.29) is 5.91 Å². The maximum atomic E-state index is 13.3. The topological polar surface area (TPSA) is 113 Å². The number of aromatic amines is 1. The number of aromatic nitrogens is 6. The quantitative estimate of drug-likeness (QED) is 0.450. The molecule has 162 valence electrons. The molecular formula is C23H24N8O. The number of aryl methyl sites for hydroxylation is 1. The minimum Gasteiger partial charge on any atom is -0.342 e. The van der Waals surface area contributed by atoms with Crippen LogP contribution in [0.4, 0.5) is 0 Å². The van der Waals surface area contributed by atoms with E-state index in [0.29, 0.717) is 11.4 Å². The van der Waals surface area contributed by atoms with Gasteiger partial charge in [-0.05, 0) is 72.6 Å². The van der Waals surface area contributed by atoms with Gasteiger partial charge < -0.3 is 10.6 Å². The number of H-pyrrole nitrogens is 1. The summed E-state index contributed by atoms with van der Waals surface area (Å²) in [6, 6.07) is 15.7. The summed E-state index contributed by atoms with van der Waals surface area (Å²) in [4.78, 5) is 13.3. The third kappa shape index (κ3) is 3.78. The van der Waals surface area contributed by atoms with E-state index in [1.165, 1.54) is 0 Å². The summed E-state index contributed by atoms with van der Waals surface area (Å²) in [7, 11) is 0. The predicted molar refractivity (Wildman–Crippen MR) is 119 cm³/mol. The predicted octanol–water partition coefficient (Wildman–Crippen LogP) is 2.37. The van der Waals surface area contributed by atoms with Crippen LogP contribution in [0.2, 0.25) is 0 Å². The molecule has 4 aromatic rings. The van der Waals surface area contributed by atoms with Crippen molar-refractivity contribution in [3.05, 3.63) is 77.9 Å². The highest BCUT2D eigenvalue weighted by atomic mass is 16.1. The molecular weight excluding hydrogens is 404 g/mol. The van der Waals surface area contributed by atoms with Gasteiger partial charge in [-0.25, -0.2) is 0 Å². The molecule has 1 aliphatic heterocycles. The number of amides is 1. The van der Waals surface area contributed by atoms with Gasteiger partial charge in [0.2, 0.25) is 0 Å². The van der Waals surface area contributed by atoms with Crippen molar-refractivity contribution >= 4 is 5.91 Å². The molecule has 1 fully saturated rings. The Bertz CT molecular complexity index is 1210. The van der Waals surface area contributed by atoms with Crippen LogP contribution in [-0.4, -0.2) is 49.4 Å². The van der Waals surface area contributed by atoms with Gasteiger partial charge in [-0.15, -0.1) is 5.10 Å². The van der Waals surface area contributed by atoms with Crippen LogP contribution >= 0.6 is 0 Å². The number of piperidine rings is 1. The SMILES string of the molecule is Cc1nnnn1-c1cccc(C(=O)NC2(c3ccc(-c4cn[nH]c4)cc3)CCNCC2)c1. The van der Waals surface area contributed by atoms with Crippen molar-refractivity contribution in [2.45, 2.75) is 25.3 Å². The lowest BCUT2D eigenvalue weighted by Crippen LogP contribution is -2.52. The lowest BCUT2D eigenvalue weighted by Gasteiger charge is -2.39. The van der Waals surface area contributed by atoms with E-state index in [9.17, 15) is 4.79 Å². The molecule has 0 unspecified atom stereocenters. The maximum absolute atomic E-state index is 13.3. The van der Waals surface area contributed by atoms with Crippen LogP contribution in [0.15, 0.2) is 60.9 Å². The molecule has 1 amide bonds. The summed E-state index contributed by atoms with van der Waals surface area (Å²) in [5.41, 5.74) is 4.12. The number of hydrogen-bond acceptors (Lipinski definition) is 6. The van der Waals surface area contributed by atoms with Gasteiger partial charge >= 0.3 is 0 Å². The van der Waals surface area contributed by atoms with Crippen molar-refractivity contribution in [3.63, 3.8) is 0 Å². The van der Waals surface area contributed by atoms with Gasteiger partial charge in [0.05, 0.1) is 17.4 Å². The summed E-state index contributed by atoms with van der Waals surface area (Å²) in [5.74, 6) is 0.550. The zero-order valence-corrected chi connectivity index (χ0v) is 17.7. The Labute approximate surface area is 185 Å². The van der Waals surface area contributed by atoms with E-state index >= 15 is 0 Å². The van der Waals surface area contributed by atoms with Crippen LogP contribution in [0.25, 0.3) is 16.8 Å². The van der Waals surface area contributed by atoms with Crippen molar-refractivity contribution in [1.29, 1.82) is 0 Å². The molecule has 1 saturated heterocycles. The molecule has 32 heavy (non-hydrogen) atoms. The fraction of sp³-hybridized carbons (Fsp3) is 0.261. The number of carbonyl (C=O) groups excluding carboxylic acids is 1. The second-order valence-electron chi connectivity index (χ2n) is 8.04. The number of nitrogens with one attached hydrogen (secondary N) is 3. The van der Waals surface area contributed by atoms with Gasteiger partial charge in [0.25, 0.3) is 5.91 Å². The molecule has 5 rings (SSSR count). The van der Waals surface area contributed by atoms with Crippen LogP contribution in [0, 0.1) is 6.92 Å². The van der Waals surface area contributed by atoms with E-state index in [1.807, 2.05) is 37.4 Å². The number of carbonyl (C=O) groups is 1. The van der Waals surface area contributed by atoms with Gasteiger partial charge in [-0.1, -0.05) is 30.3 Å². The van der Waals surface area contributed by atoms with Crippen molar-refractivity contribution in [3.8, 4) is 16.8 Å². The molecule has 0 aliphatic carbocycles. The monoisotopic (exact) mass is 428 g/mol. The van der Waals surface area contributed by atoms with E-state index in [0.717, 1.165) is 48.3 Å². The van der Waals surface area contributed by atoms with Crippen LogP contribution in [-0.2, 0) is 5.54 Å². The van der Waals surface area contributed by atoms with E-state index in [2.05, 4.69) is 60.6 Å². The van der Waals surface area contributed by atoms with Crippen molar-refractivity contribution in [2.75, 3.05) is 13.1 Å². The maximum Gasteiger partial charge on any atom is 0.252 e. The zero-order valence-electron chi connectivity index (χ0n) is 17.7. The Morgan fingerprint density at radius 3 is 2.59 bits per heavy atom. The first-order valence-corrected chi connectivity index (χ1v) is 10.6. The van der Waals surface area contributed by atoms with Crippen LogP contribution in [0.1, 0.15) is 34.6 Å². The first kappa shape index (κ1) is 20.1. The van der Waals surface area contributed by atoms with Gasteiger partial charge in [0.15, 0.2) is 5.82 Å². The minimum atomic E-state index is -0.433. The first-order chi connectivity index (χ1) is 15.6. The summed E-state index contributed by atoms with van der Waals surface area (Å²) < 4.78 is 1.62. The highest BCUT2D eigenvalue weighted by molar-refractivity contribution is 5.95. The van der Waals surface area contributed by atoms with E-state index in [1.54, 1.807) is 10.9 Å². The molecule has 2 aromatic heterocycles.